The zero-order valence-electron chi connectivity index (χ0n) is 8.10. The fourth-order valence-corrected chi connectivity index (χ4v) is 2.00. The lowest BCUT2D eigenvalue weighted by Crippen LogP contribution is -2.12. The third kappa shape index (κ3) is 10.1. The summed E-state index contributed by atoms with van der Waals surface area (Å²) in [5.74, 6) is 0. The molecular weight excluding hydrogens is 154 g/mol. The Balaban J connectivity index is 2.80. The maximum absolute atomic E-state index is 5.37. The lowest BCUT2D eigenvalue weighted by Gasteiger charge is -2.08. The van der Waals surface area contributed by atoms with Crippen molar-refractivity contribution in [2.45, 2.75) is 25.8 Å². The summed E-state index contributed by atoms with van der Waals surface area (Å²) in [5.41, 5.74) is 0. The minimum Gasteiger partial charge on any atom is -0.424 e. The fourth-order valence-electron chi connectivity index (χ4n) is 0.953. The molecule has 0 aromatic heterocycles. The minimum absolute atomic E-state index is 0.152. The van der Waals surface area contributed by atoms with Crippen LogP contribution in [0.25, 0.3) is 0 Å². The van der Waals surface area contributed by atoms with E-state index in [1.54, 1.807) is 0 Å². The van der Waals surface area contributed by atoms with Gasteiger partial charge in [0.1, 0.15) is 0 Å². The average molecular weight is 175 g/mol. The van der Waals surface area contributed by atoms with Crippen molar-refractivity contribution in [2.24, 2.45) is 0 Å². The summed E-state index contributed by atoms with van der Waals surface area (Å²) in [4.78, 5) is 2.24. The third-order valence-corrected chi connectivity index (χ3v) is 3.08. The van der Waals surface area contributed by atoms with Gasteiger partial charge in [-0.05, 0) is 40.0 Å². The van der Waals surface area contributed by atoms with Gasteiger partial charge in [-0.2, -0.15) is 0 Å². The van der Waals surface area contributed by atoms with Crippen LogP contribution >= 0.6 is 0 Å². The maximum Gasteiger partial charge on any atom is 0.161 e. The van der Waals surface area contributed by atoms with Crippen molar-refractivity contribution in [1.82, 2.24) is 4.90 Å². The molecule has 0 spiro atoms. The molecule has 2 nitrogen and oxygen atoms in total. The largest absolute Gasteiger partial charge is 0.424 e. The predicted molar refractivity (Wildman–Crippen MR) is 52.8 cm³/mol. The number of unbranched alkanes of at least 4 members (excludes halogenated alkanes) is 1. The van der Waals surface area contributed by atoms with Crippen LogP contribution in [-0.4, -0.2) is 41.9 Å². The quantitative estimate of drug-likeness (QED) is 0.420. The van der Waals surface area contributed by atoms with E-state index < -0.39 is 0 Å². The second-order valence-corrected chi connectivity index (χ2v) is 4.58. The van der Waals surface area contributed by atoms with Crippen molar-refractivity contribution in [3.05, 3.63) is 0 Å². The Morgan fingerprint density at radius 1 is 1.27 bits per heavy atom. The summed E-state index contributed by atoms with van der Waals surface area (Å²) in [5, 5.41) is 0. The molecule has 0 fully saturated rings. The molecule has 68 valence electrons. The third-order valence-electron chi connectivity index (χ3n) is 1.60. The molecule has 0 unspecified atom stereocenters. The molecule has 0 saturated carbocycles. The van der Waals surface area contributed by atoms with Crippen LogP contribution < -0.4 is 0 Å². The normalized spacial score (nSPS) is 12.0. The fraction of sp³-hybridized carbons (Fsp3) is 1.00. The van der Waals surface area contributed by atoms with E-state index in [1.807, 2.05) is 0 Å². The molecule has 3 heteroatoms. The lowest BCUT2D eigenvalue weighted by molar-refractivity contribution is 0.356. The zero-order chi connectivity index (χ0) is 8.53. The summed E-state index contributed by atoms with van der Waals surface area (Å²) >= 11 is 0. The van der Waals surface area contributed by atoms with Crippen molar-refractivity contribution in [3.8, 4) is 0 Å². The van der Waals surface area contributed by atoms with E-state index >= 15 is 0 Å². The zero-order valence-corrected chi connectivity index (χ0v) is 9.51. The average Bonchev–Trinajstić information content (AvgIpc) is 1.96. The van der Waals surface area contributed by atoms with Gasteiger partial charge < -0.3 is 9.33 Å². The van der Waals surface area contributed by atoms with Crippen molar-refractivity contribution in [2.75, 3.05) is 27.2 Å². The van der Waals surface area contributed by atoms with Crippen LogP contribution in [0.4, 0.5) is 0 Å². The van der Waals surface area contributed by atoms with Crippen LogP contribution in [0, 0.1) is 0 Å². The molecule has 0 aliphatic rings. The number of nitrogens with zero attached hydrogens (tertiary/aromatic N) is 1. The summed E-state index contributed by atoms with van der Waals surface area (Å²) in [6.07, 6.45) is 2.68. The molecule has 0 aliphatic heterocycles. The van der Waals surface area contributed by atoms with Crippen molar-refractivity contribution in [3.63, 3.8) is 0 Å². The highest BCUT2D eigenvalue weighted by atomic mass is 28.2. The first kappa shape index (κ1) is 11.1. The standard InChI is InChI=1S/C8H21NOSi/c1-4-10-11-8-6-5-7-9(2)3/h4-8,11H2,1-3H3. The van der Waals surface area contributed by atoms with Gasteiger partial charge >= 0.3 is 0 Å². The predicted octanol–water partition coefficient (Wildman–Crippen LogP) is 0.867. The molecule has 0 aliphatic carbocycles. The second-order valence-electron chi connectivity index (χ2n) is 3.06. The Morgan fingerprint density at radius 2 is 2.00 bits per heavy atom. The Kier molecular flexibility index (Phi) is 8.34. The molecule has 0 amide bonds. The highest BCUT2D eigenvalue weighted by molar-refractivity contribution is 6.26. The first-order chi connectivity index (χ1) is 5.27. The molecule has 0 aromatic carbocycles. The number of hydrogen-bond acceptors (Lipinski definition) is 2. The van der Waals surface area contributed by atoms with Crippen molar-refractivity contribution >= 4 is 9.76 Å². The topological polar surface area (TPSA) is 12.5 Å². The van der Waals surface area contributed by atoms with Gasteiger partial charge in [-0.1, -0.05) is 6.42 Å². The van der Waals surface area contributed by atoms with E-state index in [1.165, 1.54) is 25.4 Å². The van der Waals surface area contributed by atoms with Gasteiger partial charge in [-0.25, -0.2) is 0 Å². The van der Waals surface area contributed by atoms with E-state index in [2.05, 4.69) is 25.9 Å². The summed E-state index contributed by atoms with van der Waals surface area (Å²) < 4.78 is 5.37. The SMILES string of the molecule is CCO[SiH2]CCCCN(C)C. The monoisotopic (exact) mass is 175 g/mol. The van der Waals surface area contributed by atoms with Gasteiger partial charge in [0.15, 0.2) is 9.76 Å². The molecule has 0 atom stereocenters. The van der Waals surface area contributed by atoms with E-state index in [9.17, 15) is 0 Å². The Morgan fingerprint density at radius 3 is 2.55 bits per heavy atom. The smallest absolute Gasteiger partial charge is 0.161 e. The lowest BCUT2D eigenvalue weighted by atomic mass is 10.3. The molecule has 0 rings (SSSR count). The van der Waals surface area contributed by atoms with E-state index in [4.69, 9.17) is 4.43 Å². The number of hydrogen-bond donors (Lipinski definition) is 0. The Hall–Kier alpha value is 0.137. The molecule has 0 saturated heterocycles. The summed E-state index contributed by atoms with van der Waals surface area (Å²) in [6, 6.07) is 1.35. The van der Waals surface area contributed by atoms with Gasteiger partial charge in [0.2, 0.25) is 0 Å². The maximum atomic E-state index is 5.37. The summed E-state index contributed by atoms with van der Waals surface area (Å²) in [6.45, 7) is 4.22. The molecule has 11 heavy (non-hydrogen) atoms. The molecule has 0 bridgehead atoms. The van der Waals surface area contributed by atoms with Crippen LogP contribution in [0.3, 0.4) is 0 Å². The van der Waals surface area contributed by atoms with Crippen molar-refractivity contribution < 1.29 is 4.43 Å². The summed E-state index contributed by atoms with van der Waals surface area (Å²) in [7, 11) is 4.10. The highest BCUT2D eigenvalue weighted by Crippen LogP contribution is 1.96. The second kappa shape index (κ2) is 8.24. The van der Waals surface area contributed by atoms with Crippen LogP contribution in [0.2, 0.25) is 6.04 Å². The van der Waals surface area contributed by atoms with E-state index in [0.29, 0.717) is 0 Å². The molecule has 0 aromatic rings. The number of rotatable bonds is 7. The van der Waals surface area contributed by atoms with Crippen molar-refractivity contribution in [1.29, 1.82) is 0 Å². The van der Waals surface area contributed by atoms with E-state index in [0.717, 1.165) is 6.61 Å². The van der Waals surface area contributed by atoms with E-state index in [-0.39, 0.29) is 9.76 Å². The molecule has 0 heterocycles. The van der Waals surface area contributed by atoms with Crippen LogP contribution in [-0.2, 0) is 4.43 Å². The van der Waals surface area contributed by atoms with Gasteiger partial charge in [0.05, 0.1) is 0 Å². The molecule has 0 radical (unpaired) electrons. The molecular formula is C8H21NOSi. The first-order valence-corrected chi connectivity index (χ1v) is 6.07. The first-order valence-electron chi connectivity index (χ1n) is 4.50. The minimum atomic E-state index is -0.152. The van der Waals surface area contributed by atoms with Gasteiger partial charge in [0, 0.05) is 6.61 Å². The van der Waals surface area contributed by atoms with Gasteiger partial charge in [0.25, 0.3) is 0 Å². The van der Waals surface area contributed by atoms with Crippen LogP contribution in [0.1, 0.15) is 19.8 Å². The van der Waals surface area contributed by atoms with Gasteiger partial charge in [-0.15, -0.1) is 0 Å². The Bertz CT molecular complexity index is 78.5. The van der Waals surface area contributed by atoms with Crippen LogP contribution in [0.5, 0.6) is 0 Å². The van der Waals surface area contributed by atoms with Gasteiger partial charge in [-0.3, -0.25) is 0 Å². The highest BCUT2D eigenvalue weighted by Gasteiger charge is 1.91. The Labute approximate surface area is 72.9 Å². The molecule has 0 N–H and O–H groups in total. The van der Waals surface area contributed by atoms with Crippen LogP contribution in [0.15, 0.2) is 0 Å².